The third-order valence-corrected chi connectivity index (χ3v) is 4.74. The van der Waals surface area contributed by atoms with Crippen molar-refractivity contribution in [1.29, 1.82) is 5.26 Å². The van der Waals surface area contributed by atoms with Crippen LogP contribution in [0.1, 0.15) is 72.1 Å². The highest BCUT2D eigenvalue weighted by molar-refractivity contribution is 5.69. The molecule has 132 valence electrons. The minimum Gasteiger partial charge on any atom is -0.469 e. The van der Waals surface area contributed by atoms with Crippen molar-refractivity contribution in [2.75, 3.05) is 7.11 Å². The fourth-order valence-electron chi connectivity index (χ4n) is 3.54. The van der Waals surface area contributed by atoms with Crippen molar-refractivity contribution >= 4 is 5.97 Å². The molecule has 0 bridgehead atoms. The van der Waals surface area contributed by atoms with E-state index in [0.717, 1.165) is 32.1 Å². The van der Waals surface area contributed by atoms with Crippen LogP contribution < -0.4 is 0 Å². The van der Waals surface area contributed by atoms with Gasteiger partial charge in [-0.1, -0.05) is 20.8 Å². The first-order chi connectivity index (χ1) is 11.1. The number of carbonyl (C=O) groups excluding carboxylic acids is 1. The number of methoxy groups -OCH3 is 1. The summed E-state index contributed by atoms with van der Waals surface area (Å²) in [7, 11) is 1.41. The monoisotopic (exact) mass is 325 g/mol. The van der Waals surface area contributed by atoms with Gasteiger partial charge in [0.2, 0.25) is 0 Å². The van der Waals surface area contributed by atoms with Gasteiger partial charge in [-0.3, -0.25) is 4.79 Å². The van der Waals surface area contributed by atoms with Crippen molar-refractivity contribution in [3.8, 4) is 6.07 Å². The maximum absolute atomic E-state index is 11.3. The number of ether oxygens (including phenoxy) is 3. The van der Waals surface area contributed by atoms with Crippen molar-refractivity contribution in [3.63, 3.8) is 0 Å². The number of fused-ring (bicyclic) bond motifs is 1. The topological polar surface area (TPSA) is 68.5 Å². The van der Waals surface area contributed by atoms with Crippen LogP contribution in [0, 0.1) is 11.3 Å². The molecule has 5 nitrogen and oxygen atoms in total. The Morgan fingerprint density at radius 2 is 2.04 bits per heavy atom. The number of rotatable bonds is 6. The molecular formula is C18H31NO4. The summed E-state index contributed by atoms with van der Waals surface area (Å²) in [5, 5.41) is 8.72. The summed E-state index contributed by atoms with van der Waals surface area (Å²) in [6, 6.07) is 2.19. The molecule has 0 aliphatic carbocycles. The van der Waals surface area contributed by atoms with Gasteiger partial charge in [0.25, 0.3) is 0 Å². The van der Waals surface area contributed by atoms with Gasteiger partial charge in [-0.15, -0.1) is 0 Å². The molecule has 0 spiro atoms. The highest BCUT2D eigenvalue weighted by Gasteiger charge is 2.51. The maximum atomic E-state index is 11.3. The van der Waals surface area contributed by atoms with E-state index in [4.69, 9.17) is 14.7 Å². The lowest BCUT2D eigenvalue weighted by atomic mass is 9.83. The number of carbonyl (C=O) groups is 1. The molecule has 2 heterocycles. The summed E-state index contributed by atoms with van der Waals surface area (Å²) >= 11 is 0. The number of nitriles is 1. The van der Waals surface area contributed by atoms with Gasteiger partial charge in [-0.05, 0) is 32.1 Å². The van der Waals surface area contributed by atoms with E-state index >= 15 is 0 Å². The Morgan fingerprint density at radius 3 is 2.65 bits per heavy atom. The normalized spacial score (nSPS) is 32.2. The van der Waals surface area contributed by atoms with E-state index in [1.807, 2.05) is 13.8 Å². The second kappa shape index (κ2) is 9.89. The Hall–Kier alpha value is -1.12. The van der Waals surface area contributed by atoms with Gasteiger partial charge >= 0.3 is 5.97 Å². The summed E-state index contributed by atoms with van der Waals surface area (Å²) in [5.74, 6) is -0.188. The molecule has 2 aliphatic heterocycles. The molecule has 0 amide bonds. The lowest BCUT2D eigenvalue weighted by molar-refractivity contribution is -0.168. The largest absolute Gasteiger partial charge is 0.469 e. The number of nitrogens with zero attached hydrogens (tertiary/aromatic N) is 1. The molecule has 2 aliphatic rings. The fraction of sp³-hybridized carbons (Fsp3) is 0.889. The fourth-order valence-corrected chi connectivity index (χ4v) is 3.54. The Bertz CT molecular complexity index is 406. The van der Waals surface area contributed by atoms with Crippen LogP contribution in [0.5, 0.6) is 0 Å². The summed E-state index contributed by atoms with van der Waals surface area (Å²) < 4.78 is 17.1. The highest BCUT2D eigenvalue weighted by atomic mass is 16.6. The van der Waals surface area contributed by atoms with Crippen LogP contribution in [0.4, 0.5) is 0 Å². The minimum absolute atomic E-state index is 0.0729. The van der Waals surface area contributed by atoms with E-state index in [9.17, 15) is 4.79 Å². The zero-order chi connectivity index (χ0) is 17.3. The Kier molecular flexibility index (Phi) is 8.57. The minimum atomic E-state index is -0.223. The van der Waals surface area contributed by atoms with Crippen molar-refractivity contribution in [2.45, 2.75) is 96.1 Å². The van der Waals surface area contributed by atoms with Gasteiger partial charge in [-0.2, -0.15) is 5.26 Å². The quantitative estimate of drug-likeness (QED) is 0.696. The van der Waals surface area contributed by atoms with Crippen LogP contribution in [0.25, 0.3) is 0 Å². The molecule has 0 aromatic carbocycles. The van der Waals surface area contributed by atoms with Gasteiger partial charge in [0.1, 0.15) is 0 Å². The van der Waals surface area contributed by atoms with E-state index < -0.39 is 0 Å². The van der Waals surface area contributed by atoms with Crippen molar-refractivity contribution in [2.24, 2.45) is 0 Å². The van der Waals surface area contributed by atoms with Gasteiger partial charge in [0.15, 0.2) is 0 Å². The maximum Gasteiger partial charge on any atom is 0.305 e. The molecule has 2 saturated heterocycles. The lowest BCUT2D eigenvalue weighted by Gasteiger charge is -2.41. The Balaban J connectivity index is 0.00000127. The smallest absolute Gasteiger partial charge is 0.305 e. The number of hydrogen-bond donors (Lipinski definition) is 0. The van der Waals surface area contributed by atoms with Gasteiger partial charge in [0, 0.05) is 19.3 Å². The molecule has 5 heteroatoms. The van der Waals surface area contributed by atoms with Crippen molar-refractivity contribution in [1.82, 2.24) is 0 Å². The molecule has 0 N–H and O–H groups in total. The molecule has 0 aromatic rings. The van der Waals surface area contributed by atoms with E-state index in [1.165, 1.54) is 7.11 Å². The predicted octanol–water partition coefficient (Wildman–Crippen LogP) is 3.75. The summed E-state index contributed by atoms with van der Waals surface area (Å²) in [6.45, 7) is 6.13. The Morgan fingerprint density at radius 1 is 1.30 bits per heavy atom. The van der Waals surface area contributed by atoms with Crippen LogP contribution in [-0.4, -0.2) is 37.0 Å². The first-order valence-electron chi connectivity index (χ1n) is 8.90. The van der Waals surface area contributed by atoms with E-state index in [0.29, 0.717) is 19.3 Å². The zero-order valence-corrected chi connectivity index (χ0v) is 15.0. The molecule has 0 aromatic heterocycles. The second-order valence-electron chi connectivity index (χ2n) is 6.00. The summed E-state index contributed by atoms with van der Waals surface area (Å²) in [6.07, 6.45) is 6.50. The highest BCUT2D eigenvalue weighted by Crippen LogP contribution is 2.45. The molecule has 2 rings (SSSR count). The Labute approximate surface area is 140 Å². The average molecular weight is 325 g/mol. The predicted molar refractivity (Wildman–Crippen MR) is 87.9 cm³/mol. The standard InChI is InChI=1S/C16H25NO4.C2H6/c1-3-16-11-13(7-9-15(18)19-2)20-14(16)8-6-12(21-16)5-4-10-17;1-2/h12-14H,3-9,11H2,1-2H3;1-2H3/t12-,13-,14?,16?;/m0./s1. The van der Waals surface area contributed by atoms with E-state index in [1.54, 1.807) is 0 Å². The van der Waals surface area contributed by atoms with Crippen LogP contribution >= 0.6 is 0 Å². The van der Waals surface area contributed by atoms with Crippen LogP contribution in [0.15, 0.2) is 0 Å². The van der Waals surface area contributed by atoms with Crippen LogP contribution in [0.2, 0.25) is 0 Å². The van der Waals surface area contributed by atoms with Gasteiger partial charge in [-0.25, -0.2) is 0 Å². The summed E-state index contributed by atoms with van der Waals surface area (Å²) in [5.41, 5.74) is -0.223. The molecule has 0 saturated carbocycles. The van der Waals surface area contributed by atoms with Gasteiger partial charge < -0.3 is 14.2 Å². The number of hydrogen-bond acceptors (Lipinski definition) is 5. The summed E-state index contributed by atoms with van der Waals surface area (Å²) in [4.78, 5) is 11.3. The van der Waals surface area contributed by atoms with Crippen LogP contribution in [-0.2, 0) is 19.0 Å². The molecule has 23 heavy (non-hydrogen) atoms. The lowest BCUT2D eigenvalue weighted by Crippen LogP contribution is -2.47. The third kappa shape index (κ3) is 5.19. The first-order valence-corrected chi connectivity index (χ1v) is 8.90. The molecule has 0 radical (unpaired) electrons. The van der Waals surface area contributed by atoms with Crippen molar-refractivity contribution in [3.05, 3.63) is 0 Å². The number of esters is 1. The third-order valence-electron chi connectivity index (χ3n) is 4.74. The molecular weight excluding hydrogens is 294 g/mol. The zero-order valence-electron chi connectivity index (χ0n) is 15.0. The van der Waals surface area contributed by atoms with E-state index in [-0.39, 0.29) is 29.9 Å². The van der Waals surface area contributed by atoms with E-state index in [2.05, 4.69) is 17.7 Å². The average Bonchev–Trinajstić information content (AvgIpc) is 2.97. The van der Waals surface area contributed by atoms with Gasteiger partial charge in [0.05, 0.1) is 37.1 Å². The first kappa shape index (κ1) is 19.9. The molecule has 2 unspecified atom stereocenters. The van der Waals surface area contributed by atoms with Crippen molar-refractivity contribution < 1.29 is 19.0 Å². The second-order valence-corrected chi connectivity index (χ2v) is 6.00. The SMILES string of the molecule is CC.CCC12C[C@H](CCC(=O)OC)OC1CC[C@H](CCC#N)O2. The van der Waals surface area contributed by atoms with Crippen LogP contribution in [0.3, 0.4) is 0 Å². The molecule has 4 atom stereocenters. The molecule has 2 fully saturated rings.